The number of carbonyl (C=O) groups is 2. The number of aromatic nitrogens is 3. The number of thioether (sulfide) groups is 1. The number of ether oxygens (including phenoxy) is 2. The molecule has 1 unspecified atom stereocenters. The Morgan fingerprint density at radius 1 is 0.940 bits per heavy atom. The van der Waals surface area contributed by atoms with Crippen LogP contribution in [0.4, 0.5) is 10.5 Å². The van der Waals surface area contributed by atoms with E-state index in [9.17, 15) is 9.59 Å². The Hall–Kier alpha value is -5.04. The Morgan fingerprint density at radius 2 is 1.62 bits per heavy atom. The number of nitrogens with zero attached hydrogens (tertiary/aromatic N) is 3. The van der Waals surface area contributed by atoms with Crippen molar-refractivity contribution in [2.75, 3.05) is 24.7 Å². The molecule has 5 aromatic rings. The number of pyridine rings is 1. The average Bonchev–Trinajstić information content (AvgIpc) is 3.64. The fraction of sp³-hybridized carbons (Fsp3) is 0.289. The number of nitrogens with one attached hydrogen (secondary N) is 3. The first kappa shape index (κ1) is 34.8. The molecule has 2 amide bonds. The first-order valence-corrected chi connectivity index (χ1v) is 17.6. The molecular formula is C38H40N6O5S. The van der Waals surface area contributed by atoms with Crippen molar-refractivity contribution in [3.8, 4) is 11.5 Å². The van der Waals surface area contributed by atoms with E-state index in [1.165, 1.54) is 18.9 Å². The molecule has 0 aliphatic carbocycles. The molecule has 0 saturated carbocycles. The highest BCUT2D eigenvalue weighted by atomic mass is 32.2. The molecule has 1 saturated heterocycles. The van der Waals surface area contributed by atoms with Crippen molar-refractivity contribution in [2.24, 2.45) is 0 Å². The maximum atomic E-state index is 14.1. The predicted molar refractivity (Wildman–Crippen MR) is 192 cm³/mol. The number of hydrogen-bond donors (Lipinski definition) is 3. The van der Waals surface area contributed by atoms with Gasteiger partial charge in [0, 0.05) is 47.9 Å². The van der Waals surface area contributed by atoms with Gasteiger partial charge in [0.05, 0.1) is 19.3 Å². The van der Waals surface area contributed by atoms with Gasteiger partial charge in [0.15, 0.2) is 0 Å². The van der Waals surface area contributed by atoms with Crippen LogP contribution in [0.15, 0.2) is 119 Å². The minimum Gasteiger partial charge on any atom is -0.453 e. The molecule has 1 aliphatic heterocycles. The summed E-state index contributed by atoms with van der Waals surface area (Å²) >= 11 is 1.47. The van der Waals surface area contributed by atoms with Crippen LogP contribution in [0.2, 0.25) is 0 Å². The Bertz CT molecular complexity index is 1790. The topological polar surface area (TPSA) is 140 Å². The Balaban J connectivity index is 1.11. The van der Waals surface area contributed by atoms with Crippen LogP contribution in [0.3, 0.4) is 0 Å². The number of rotatable bonds is 13. The molecule has 1 fully saturated rings. The second-order valence-electron chi connectivity index (χ2n) is 12.0. The maximum Gasteiger partial charge on any atom is 0.407 e. The highest BCUT2D eigenvalue weighted by Gasteiger charge is 2.34. The van der Waals surface area contributed by atoms with Gasteiger partial charge in [-0.1, -0.05) is 90.6 Å². The summed E-state index contributed by atoms with van der Waals surface area (Å²) in [6.07, 6.45) is 4.00. The third-order valence-corrected chi connectivity index (χ3v) is 9.61. The number of alkyl carbamates (subject to hydrolysis) is 1. The lowest BCUT2D eigenvalue weighted by atomic mass is 9.84. The van der Waals surface area contributed by atoms with Crippen LogP contribution in [0.1, 0.15) is 36.0 Å². The molecular weight excluding hydrogens is 653 g/mol. The minimum absolute atomic E-state index is 0.0371. The Kier molecular flexibility index (Phi) is 11.9. The van der Waals surface area contributed by atoms with Crippen molar-refractivity contribution in [2.45, 2.75) is 55.2 Å². The number of hydrogen-bond acceptors (Lipinski definition) is 10. The van der Waals surface area contributed by atoms with Gasteiger partial charge in [-0.25, -0.2) is 4.79 Å². The molecule has 12 heteroatoms. The van der Waals surface area contributed by atoms with Crippen LogP contribution in [0, 0.1) is 0 Å². The van der Waals surface area contributed by atoms with Crippen molar-refractivity contribution in [3.63, 3.8) is 0 Å². The maximum absolute atomic E-state index is 14.1. The van der Waals surface area contributed by atoms with Gasteiger partial charge in [0.1, 0.15) is 6.04 Å². The van der Waals surface area contributed by atoms with Gasteiger partial charge in [-0.05, 0) is 54.7 Å². The van der Waals surface area contributed by atoms with Crippen molar-refractivity contribution in [3.05, 3.63) is 126 Å². The van der Waals surface area contributed by atoms with Crippen LogP contribution in [0.25, 0.3) is 11.5 Å². The van der Waals surface area contributed by atoms with Gasteiger partial charge >= 0.3 is 6.09 Å². The van der Waals surface area contributed by atoms with E-state index in [1.54, 1.807) is 12.4 Å². The normalized spacial score (nSPS) is 17.9. The summed E-state index contributed by atoms with van der Waals surface area (Å²) in [5.74, 6) is 0.289. The van der Waals surface area contributed by atoms with E-state index in [-0.39, 0.29) is 24.2 Å². The van der Waals surface area contributed by atoms with Gasteiger partial charge in [0.25, 0.3) is 5.22 Å². The zero-order chi connectivity index (χ0) is 34.7. The van der Waals surface area contributed by atoms with Gasteiger partial charge < -0.3 is 29.8 Å². The lowest BCUT2D eigenvalue weighted by Gasteiger charge is -2.35. The summed E-state index contributed by atoms with van der Waals surface area (Å²) in [5, 5.41) is 18.4. The summed E-state index contributed by atoms with van der Waals surface area (Å²) in [4.78, 5) is 30.7. The standard InChI is InChI=1S/C38H40N6O5S/c1-25-32(24-50-38-44-43-36(49-38)29-19-21-39-22-20-29)48-30(23-40-25)18-17-26-11-9-10-16-31(26)41-35(45)34(42-37(46)47-2)33(27-12-5-3-6-13-27)28-14-7-4-8-15-28/h3-16,19-22,25,30,32-34,40H,17-18,23-24H2,1-2H3,(H,41,45)(H,42,46)/t25-,30-,32-,34?/m1/s1. The van der Waals surface area contributed by atoms with Gasteiger partial charge in [-0.15, -0.1) is 10.2 Å². The number of methoxy groups -OCH3 is 1. The van der Waals surface area contributed by atoms with Crippen LogP contribution in [-0.2, 0) is 20.7 Å². The molecule has 3 heterocycles. The predicted octanol–water partition coefficient (Wildman–Crippen LogP) is 6.10. The molecule has 6 rings (SSSR count). The van der Waals surface area contributed by atoms with Crippen molar-refractivity contribution in [1.29, 1.82) is 0 Å². The number of carbonyl (C=O) groups excluding carboxylic acids is 2. The summed E-state index contributed by atoms with van der Waals surface area (Å²) in [5.41, 5.74) is 4.25. The zero-order valence-corrected chi connectivity index (χ0v) is 28.7. The van der Waals surface area contributed by atoms with Gasteiger partial charge in [-0.2, -0.15) is 0 Å². The largest absolute Gasteiger partial charge is 0.453 e. The second-order valence-corrected chi connectivity index (χ2v) is 13.0. The van der Waals surface area contributed by atoms with Crippen LogP contribution >= 0.6 is 11.8 Å². The molecule has 11 nitrogen and oxygen atoms in total. The number of anilines is 1. The van der Waals surface area contributed by atoms with E-state index >= 15 is 0 Å². The smallest absolute Gasteiger partial charge is 0.407 e. The average molecular weight is 693 g/mol. The number of para-hydroxylation sites is 1. The number of aryl methyl sites for hydroxylation is 1. The third kappa shape index (κ3) is 8.94. The molecule has 3 aromatic carbocycles. The van der Waals surface area contributed by atoms with E-state index in [2.05, 4.69) is 38.1 Å². The third-order valence-electron chi connectivity index (χ3n) is 8.70. The zero-order valence-electron chi connectivity index (χ0n) is 27.9. The summed E-state index contributed by atoms with van der Waals surface area (Å²) in [6, 6.07) is 29.9. The van der Waals surface area contributed by atoms with Crippen molar-refractivity contribution in [1.82, 2.24) is 25.8 Å². The van der Waals surface area contributed by atoms with E-state index in [4.69, 9.17) is 13.9 Å². The van der Waals surface area contributed by atoms with E-state index in [0.717, 1.165) is 28.7 Å². The molecule has 2 aromatic heterocycles. The molecule has 4 atom stereocenters. The second kappa shape index (κ2) is 17.1. The summed E-state index contributed by atoms with van der Waals surface area (Å²) in [6.45, 7) is 2.82. The van der Waals surface area contributed by atoms with Crippen LogP contribution in [-0.4, -0.2) is 70.9 Å². The molecule has 3 N–H and O–H groups in total. The van der Waals surface area contributed by atoms with E-state index in [0.29, 0.717) is 35.5 Å². The number of benzene rings is 3. The first-order chi connectivity index (χ1) is 24.5. The summed E-state index contributed by atoms with van der Waals surface area (Å²) < 4.78 is 17.3. The lowest BCUT2D eigenvalue weighted by Crippen LogP contribution is -2.52. The van der Waals surface area contributed by atoms with Crippen molar-refractivity contribution >= 4 is 29.4 Å². The van der Waals surface area contributed by atoms with E-state index < -0.39 is 18.1 Å². The van der Waals surface area contributed by atoms with Crippen LogP contribution in [0.5, 0.6) is 0 Å². The highest BCUT2D eigenvalue weighted by Crippen LogP contribution is 2.30. The number of morpholine rings is 1. The lowest BCUT2D eigenvalue weighted by molar-refractivity contribution is -0.118. The number of amides is 2. The Morgan fingerprint density at radius 3 is 2.32 bits per heavy atom. The highest BCUT2D eigenvalue weighted by molar-refractivity contribution is 7.99. The fourth-order valence-electron chi connectivity index (χ4n) is 6.02. The molecule has 50 heavy (non-hydrogen) atoms. The molecule has 258 valence electrons. The Labute approximate surface area is 295 Å². The monoisotopic (exact) mass is 692 g/mol. The minimum atomic E-state index is -0.953. The molecule has 0 bridgehead atoms. The SMILES string of the molecule is COC(=O)NC(C(=O)Nc1ccccc1CC[C@@H]1CN[C@H](C)[C@@H](CSc2nnc(-c3ccncc3)o2)O1)C(c1ccccc1)c1ccccc1. The molecule has 1 aliphatic rings. The van der Waals surface area contributed by atoms with Gasteiger partial charge in [0.2, 0.25) is 11.8 Å². The first-order valence-electron chi connectivity index (χ1n) is 16.6. The van der Waals surface area contributed by atoms with Gasteiger partial charge in [-0.3, -0.25) is 9.78 Å². The van der Waals surface area contributed by atoms with Crippen molar-refractivity contribution < 1.29 is 23.5 Å². The molecule has 0 radical (unpaired) electrons. The fourth-order valence-corrected chi connectivity index (χ4v) is 6.93. The van der Waals surface area contributed by atoms with Crippen LogP contribution < -0.4 is 16.0 Å². The molecule has 0 spiro atoms. The van der Waals surface area contributed by atoms with E-state index in [1.807, 2.05) is 97.1 Å². The quantitative estimate of drug-likeness (QED) is 0.124. The summed E-state index contributed by atoms with van der Waals surface area (Å²) in [7, 11) is 1.29.